The number of benzene rings is 2. The Morgan fingerprint density at radius 2 is 1.92 bits per heavy atom. The topological polar surface area (TPSA) is 61.9 Å². The van der Waals surface area contributed by atoms with Crippen LogP contribution in [0.2, 0.25) is 0 Å². The maximum atomic E-state index is 13.0. The quantitative estimate of drug-likeness (QED) is 0.475. The van der Waals surface area contributed by atoms with Crippen molar-refractivity contribution >= 4 is 23.2 Å². The van der Waals surface area contributed by atoms with Gasteiger partial charge in [-0.2, -0.15) is 0 Å². The fourth-order valence-corrected chi connectivity index (χ4v) is 2.74. The maximum Gasteiger partial charge on any atom is 0.123 e. The second-order valence-electron chi connectivity index (χ2n) is 7.22. The Balaban J connectivity index is 1.82. The summed E-state index contributed by atoms with van der Waals surface area (Å²) < 4.78 is 13.0. The highest BCUT2D eigenvalue weighted by molar-refractivity contribution is 6.12. The first-order valence-corrected chi connectivity index (χ1v) is 8.68. The second-order valence-corrected chi connectivity index (χ2v) is 7.22. The number of hydrogen-bond donors (Lipinski definition) is 3. The van der Waals surface area contributed by atoms with Gasteiger partial charge in [-0.1, -0.05) is 31.7 Å². The van der Waals surface area contributed by atoms with E-state index in [0.29, 0.717) is 17.0 Å². The Kier molecular flexibility index (Phi) is 4.68. The molecule has 0 bridgehead atoms. The van der Waals surface area contributed by atoms with Crippen molar-refractivity contribution in [3.05, 3.63) is 77.3 Å². The molecule has 1 aliphatic rings. The van der Waals surface area contributed by atoms with Gasteiger partial charge in [0.05, 0.1) is 5.71 Å². The second kappa shape index (κ2) is 6.79. The van der Waals surface area contributed by atoms with Gasteiger partial charge in [-0.05, 0) is 61.2 Å². The van der Waals surface area contributed by atoms with Crippen LogP contribution in [-0.2, 0) is 0 Å². The molecular formula is C22H24FN3. The van der Waals surface area contributed by atoms with Crippen LogP contribution in [0, 0.1) is 23.6 Å². The first kappa shape index (κ1) is 17.9. The number of hydrogen-bond acceptors (Lipinski definition) is 3. The molecule has 134 valence electrons. The van der Waals surface area contributed by atoms with Crippen molar-refractivity contribution in [3.8, 4) is 0 Å². The largest absolute Gasteiger partial charge is 0.398 e. The van der Waals surface area contributed by atoms with E-state index in [4.69, 9.17) is 11.1 Å². The summed E-state index contributed by atoms with van der Waals surface area (Å²) in [5.74, 6) is -0.277. The van der Waals surface area contributed by atoms with Crippen LogP contribution >= 0.6 is 0 Å². The minimum Gasteiger partial charge on any atom is -0.398 e. The molecule has 4 N–H and O–H groups in total. The monoisotopic (exact) mass is 349 g/mol. The molecule has 1 fully saturated rings. The lowest BCUT2D eigenvalue weighted by atomic mass is 10.0. The Hall–Kier alpha value is -2.88. The third-order valence-electron chi connectivity index (χ3n) is 5.01. The summed E-state index contributed by atoms with van der Waals surface area (Å²) in [4.78, 5) is 0. The van der Waals surface area contributed by atoms with Gasteiger partial charge < -0.3 is 16.5 Å². The van der Waals surface area contributed by atoms with Crippen LogP contribution in [0.25, 0.3) is 6.08 Å². The van der Waals surface area contributed by atoms with Crippen LogP contribution in [0.5, 0.6) is 0 Å². The molecule has 0 atom stereocenters. The van der Waals surface area contributed by atoms with E-state index in [-0.39, 0.29) is 11.2 Å². The van der Waals surface area contributed by atoms with Crippen molar-refractivity contribution in [2.24, 2.45) is 5.41 Å². The average Bonchev–Trinajstić information content (AvgIpc) is 3.35. The van der Waals surface area contributed by atoms with E-state index in [1.165, 1.54) is 12.1 Å². The van der Waals surface area contributed by atoms with E-state index in [1.54, 1.807) is 24.3 Å². The van der Waals surface area contributed by atoms with Crippen LogP contribution in [0.15, 0.2) is 54.8 Å². The summed E-state index contributed by atoms with van der Waals surface area (Å²) in [6, 6.07) is 9.92. The van der Waals surface area contributed by atoms with E-state index in [9.17, 15) is 4.39 Å². The van der Waals surface area contributed by atoms with Gasteiger partial charge in [-0.3, -0.25) is 0 Å². The highest BCUT2D eigenvalue weighted by Gasteiger charge is 2.40. The third kappa shape index (κ3) is 3.85. The number of anilines is 2. The maximum absolute atomic E-state index is 13.0. The summed E-state index contributed by atoms with van der Waals surface area (Å²) in [6.07, 6.45) is 5.75. The number of halogens is 1. The van der Waals surface area contributed by atoms with Gasteiger partial charge in [0.25, 0.3) is 0 Å². The Morgan fingerprint density at radius 1 is 1.27 bits per heavy atom. The molecule has 0 spiro atoms. The Labute approximate surface area is 153 Å². The number of nitrogens with one attached hydrogen (secondary N) is 2. The standard InChI is InChI=1S/C22H24FN3/c1-14-12-20(25)18(13-21(14)26-15(2)22(3)10-11-22)19(24)9-6-16-4-7-17(23)8-5-16/h4-9,12-13,24,26H,2,10-11,25H2,1,3H3/b9-6+,24-19?. The first-order chi connectivity index (χ1) is 12.3. The van der Waals surface area contributed by atoms with Crippen molar-refractivity contribution in [2.75, 3.05) is 11.1 Å². The minimum atomic E-state index is -0.277. The normalized spacial score (nSPS) is 15.0. The summed E-state index contributed by atoms with van der Waals surface area (Å²) in [5.41, 5.74) is 11.6. The van der Waals surface area contributed by atoms with Gasteiger partial charge in [0.15, 0.2) is 0 Å². The van der Waals surface area contributed by atoms with E-state index in [0.717, 1.165) is 35.4 Å². The van der Waals surface area contributed by atoms with Gasteiger partial charge in [-0.15, -0.1) is 0 Å². The Bertz CT molecular complexity index is 890. The fourth-order valence-electron chi connectivity index (χ4n) is 2.74. The number of allylic oxidation sites excluding steroid dienone is 2. The molecule has 0 amide bonds. The predicted octanol–water partition coefficient (Wildman–Crippen LogP) is 5.52. The first-order valence-electron chi connectivity index (χ1n) is 8.68. The van der Waals surface area contributed by atoms with E-state index in [2.05, 4.69) is 18.8 Å². The molecule has 0 radical (unpaired) electrons. The molecule has 26 heavy (non-hydrogen) atoms. The van der Waals surface area contributed by atoms with Crippen molar-refractivity contribution in [3.63, 3.8) is 0 Å². The van der Waals surface area contributed by atoms with Crippen molar-refractivity contribution in [1.29, 1.82) is 5.41 Å². The molecule has 3 rings (SSSR count). The molecule has 0 saturated heterocycles. The van der Waals surface area contributed by atoms with E-state index in [1.807, 2.05) is 19.1 Å². The minimum absolute atomic E-state index is 0.171. The molecule has 4 heteroatoms. The smallest absolute Gasteiger partial charge is 0.123 e. The zero-order chi connectivity index (χ0) is 18.9. The van der Waals surface area contributed by atoms with E-state index >= 15 is 0 Å². The summed E-state index contributed by atoms with van der Waals surface area (Å²) in [6.45, 7) is 8.35. The van der Waals surface area contributed by atoms with Crippen LogP contribution in [0.4, 0.5) is 15.8 Å². The molecule has 0 unspecified atom stereocenters. The van der Waals surface area contributed by atoms with Gasteiger partial charge in [0, 0.05) is 28.1 Å². The molecule has 1 aliphatic carbocycles. The van der Waals surface area contributed by atoms with Gasteiger partial charge in [-0.25, -0.2) is 4.39 Å². The van der Waals surface area contributed by atoms with Crippen LogP contribution in [-0.4, -0.2) is 5.71 Å². The van der Waals surface area contributed by atoms with E-state index < -0.39 is 0 Å². The fraction of sp³-hybridized carbons (Fsp3) is 0.227. The van der Waals surface area contributed by atoms with Gasteiger partial charge in [0.1, 0.15) is 5.82 Å². The van der Waals surface area contributed by atoms with Gasteiger partial charge in [0.2, 0.25) is 0 Å². The highest BCUT2D eigenvalue weighted by Crippen LogP contribution is 2.50. The molecular weight excluding hydrogens is 325 g/mol. The number of nitrogen functional groups attached to an aromatic ring is 1. The molecule has 0 aromatic heterocycles. The lowest BCUT2D eigenvalue weighted by molar-refractivity contribution is 0.628. The predicted molar refractivity (Wildman–Crippen MR) is 108 cm³/mol. The molecule has 2 aromatic carbocycles. The Morgan fingerprint density at radius 3 is 2.54 bits per heavy atom. The molecule has 1 saturated carbocycles. The number of aryl methyl sites for hydroxylation is 1. The van der Waals surface area contributed by atoms with Crippen LogP contribution < -0.4 is 11.1 Å². The highest BCUT2D eigenvalue weighted by atomic mass is 19.1. The van der Waals surface area contributed by atoms with Crippen LogP contribution in [0.3, 0.4) is 0 Å². The zero-order valence-electron chi connectivity index (χ0n) is 15.2. The lowest BCUT2D eigenvalue weighted by Crippen LogP contribution is -2.11. The SMILES string of the molecule is C=C(Nc1cc(C(=N)/C=C/c2ccc(F)cc2)c(N)cc1C)C1(C)CC1. The zero-order valence-corrected chi connectivity index (χ0v) is 15.2. The molecule has 0 aliphatic heterocycles. The average molecular weight is 349 g/mol. The van der Waals surface area contributed by atoms with Crippen LogP contribution in [0.1, 0.15) is 36.5 Å². The third-order valence-corrected chi connectivity index (χ3v) is 5.01. The summed E-state index contributed by atoms with van der Waals surface area (Å²) in [7, 11) is 0. The summed E-state index contributed by atoms with van der Waals surface area (Å²) >= 11 is 0. The number of rotatable bonds is 6. The number of nitrogens with two attached hydrogens (primary N) is 1. The summed E-state index contributed by atoms with van der Waals surface area (Å²) in [5, 5.41) is 11.8. The van der Waals surface area contributed by atoms with Crippen molar-refractivity contribution in [2.45, 2.75) is 26.7 Å². The molecule has 2 aromatic rings. The molecule has 0 heterocycles. The lowest BCUT2D eigenvalue weighted by Gasteiger charge is -2.19. The van der Waals surface area contributed by atoms with Crippen molar-refractivity contribution < 1.29 is 4.39 Å². The molecule has 3 nitrogen and oxygen atoms in total. The van der Waals surface area contributed by atoms with Crippen molar-refractivity contribution in [1.82, 2.24) is 0 Å². The van der Waals surface area contributed by atoms with Gasteiger partial charge >= 0.3 is 0 Å².